The van der Waals surface area contributed by atoms with E-state index in [1.165, 1.54) is 11.1 Å². The van der Waals surface area contributed by atoms with Crippen molar-refractivity contribution in [3.8, 4) is 11.5 Å². The third-order valence-electron chi connectivity index (χ3n) is 4.26. The second-order valence-electron chi connectivity index (χ2n) is 5.80. The lowest BCUT2D eigenvalue weighted by molar-refractivity contribution is -0.120. The van der Waals surface area contributed by atoms with E-state index >= 15 is 0 Å². The number of carbonyl (C=O) groups excluding carboxylic acids is 1. The summed E-state index contributed by atoms with van der Waals surface area (Å²) in [6, 6.07) is 11.4. The number of carbonyl (C=O) groups is 1. The average Bonchev–Trinajstić information content (AvgIpc) is 2.61. The van der Waals surface area contributed by atoms with Crippen LogP contribution >= 0.6 is 15.9 Å². The number of fused-ring (bicyclic) bond motifs is 1. The van der Waals surface area contributed by atoms with E-state index in [0.717, 1.165) is 28.8 Å². The minimum Gasteiger partial charge on any atom is -0.495 e. The molecule has 2 aromatic rings. The lowest BCUT2D eigenvalue weighted by atomic mass is 9.96. The third kappa shape index (κ3) is 3.41. The summed E-state index contributed by atoms with van der Waals surface area (Å²) < 4.78 is 12.1. The van der Waals surface area contributed by atoms with E-state index in [1.54, 1.807) is 12.0 Å². The zero-order valence-electron chi connectivity index (χ0n) is 13.8. The molecule has 1 aliphatic heterocycles. The first-order valence-corrected chi connectivity index (χ1v) is 8.74. The van der Waals surface area contributed by atoms with Crippen LogP contribution < -0.4 is 14.4 Å². The average molecular weight is 390 g/mol. The van der Waals surface area contributed by atoms with Crippen LogP contribution in [0.2, 0.25) is 0 Å². The summed E-state index contributed by atoms with van der Waals surface area (Å²) in [6.45, 7) is 2.78. The van der Waals surface area contributed by atoms with Crippen LogP contribution in [0.25, 0.3) is 0 Å². The Hall–Kier alpha value is -2.01. The normalized spacial score (nSPS) is 13.4. The van der Waals surface area contributed by atoms with Crippen LogP contribution in [-0.2, 0) is 11.2 Å². The van der Waals surface area contributed by atoms with Crippen molar-refractivity contribution in [1.29, 1.82) is 0 Å². The minimum atomic E-state index is -0.0530. The van der Waals surface area contributed by atoms with Gasteiger partial charge in [0.1, 0.15) is 11.5 Å². The second-order valence-corrected chi connectivity index (χ2v) is 6.72. The third-order valence-corrected chi connectivity index (χ3v) is 4.78. The predicted molar refractivity (Wildman–Crippen MR) is 98.0 cm³/mol. The highest BCUT2D eigenvalue weighted by Crippen LogP contribution is 2.38. The first-order chi connectivity index (χ1) is 11.6. The number of methoxy groups -OCH3 is 1. The van der Waals surface area contributed by atoms with Gasteiger partial charge in [-0.05, 0) is 61.2 Å². The minimum absolute atomic E-state index is 0.0121. The molecule has 1 amide bonds. The molecule has 0 unspecified atom stereocenters. The SMILES string of the molecule is COc1ccc(C)c2c1N(C(=O)COc1ccc(Br)cc1)CCC2. The van der Waals surface area contributed by atoms with Crippen LogP contribution in [0.4, 0.5) is 5.69 Å². The number of hydrogen-bond acceptors (Lipinski definition) is 3. The molecule has 24 heavy (non-hydrogen) atoms. The van der Waals surface area contributed by atoms with Crippen molar-refractivity contribution < 1.29 is 14.3 Å². The van der Waals surface area contributed by atoms with Gasteiger partial charge in [-0.1, -0.05) is 22.0 Å². The Labute approximate surface area is 150 Å². The summed E-state index contributed by atoms with van der Waals surface area (Å²) in [5, 5.41) is 0. The molecule has 5 heteroatoms. The van der Waals surface area contributed by atoms with Crippen LogP contribution in [0.3, 0.4) is 0 Å². The Bertz CT molecular complexity index is 743. The largest absolute Gasteiger partial charge is 0.495 e. The zero-order chi connectivity index (χ0) is 17.1. The molecule has 4 nitrogen and oxygen atoms in total. The summed E-state index contributed by atoms with van der Waals surface area (Å²) in [5.74, 6) is 1.37. The van der Waals surface area contributed by atoms with Crippen molar-refractivity contribution in [2.75, 3.05) is 25.2 Å². The number of anilines is 1. The maximum Gasteiger partial charge on any atom is 0.265 e. The molecular weight excluding hydrogens is 370 g/mol. The summed E-state index contributed by atoms with van der Waals surface area (Å²) in [7, 11) is 1.64. The molecule has 0 bridgehead atoms. The fourth-order valence-electron chi connectivity index (χ4n) is 3.02. The smallest absolute Gasteiger partial charge is 0.265 e. The van der Waals surface area contributed by atoms with Crippen LogP contribution in [0.1, 0.15) is 17.5 Å². The van der Waals surface area contributed by atoms with Gasteiger partial charge in [-0.15, -0.1) is 0 Å². The van der Waals surface area contributed by atoms with Crippen molar-refractivity contribution in [2.45, 2.75) is 19.8 Å². The number of aryl methyl sites for hydroxylation is 1. The highest BCUT2D eigenvalue weighted by atomic mass is 79.9. The number of hydrogen-bond donors (Lipinski definition) is 0. The molecule has 0 spiro atoms. The molecule has 0 N–H and O–H groups in total. The molecule has 0 aliphatic carbocycles. The van der Waals surface area contributed by atoms with Crippen molar-refractivity contribution in [3.63, 3.8) is 0 Å². The lowest BCUT2D eigenvalue weighted by Crippen LogP contribution is -2.39. The number of ether oxygens (including phenoxy) is 2. The van der Waals surface area contributed by atoms with Gasteiger partial charge in [0.05, 0.1) is 12.8 Å². The van der Waals surface area contributed by atoms with Gasteiger partial charge in [0.25, 0.3) is 5.91 Å². The summed E-state index contributed by atoms with van der Waals surface area (Å²) >= 11 is 3.38. The second kappa shape index (κ2) is 7.26. The van der Waals surface area contributed by atoms with Crippen molar-refractivity contribution in [1.82, 2.24) is 0 Å². The van der Waals surface area contributed by atoms with E-state index < -0.39 is 0 Å². The van der Waals surface area contributed by atoms with Crippen LogP contribution in [0.5, 0.6) is 11.5 Å². The van der Waals surface area contributed by atoms with Crippen LogP contribution in [0, 0.1) is 6.92 Å². The monoisotopic (exact) mass is 389 g/mol. The summed E-state index contributed by atoms with van der Waals surface area (Å²) in [5.41, 5.74) is 3.28. The number of benzene rings is 2. The first-order valence-electron chi connectivity index (χ1n) is 7.95. The number of nitrogens with zero attached hydrogens (tertiary/aromatic N) is 1. The zero-order valence-corrected chi connectivity index (χ0v) is 15.4. The molecule has 0 saturated heterocycles. The summed E-state index contributed by atoms with van der Waals surface area (Å²) in [4.78, 5) is 14.5. The van der Waals surface area contributed by atoms with E-state index in [2.05, 4.69) is 22.9 Å². The Morgan fingerprint density at radius 1 is 1.21 bits per heavy atom. The van der Waals surface area contributed by atoms with Crippen LogP contribution in [-0.4, -0.2) is 26.2 Å². The van der Waals surface area contributed by atoms with Crippen molar-refractivity contribution in [3.05, 3.63) is 52.0 Å². The number of halogens is 1. The molecule has 0 aromatic heterocycles. The fourth-order valence-corrected chi connectivity index (χ4v) is 3.29. The Balaban J connectivity index is 1.79. The molecule has 1 heterocycles. The topological polar surface area (TPSA) is 38.8 Å². The van der Waals surface area contributed by atoms with Gasteiger partial charge in [-0.25, -0.2) is 0 Å². The standard InChI is InChI=1S/C19H20BrNO3/c1-13-5-10-17(23-2)19-16(13)4-3-11-21(19)18(22)12-24-15-8-6-14(20)7-9-15/h5-10H,3-4,11-12H2,1-2H3. The van der Waals surface area contributed by atoms with E-state index in [-0.39, 0.29) is 12.5 Å². The predicted octanol–water partition coefficient (Wildman–Crippen LogP) is 4.12. The quantitative estimate of drug-likeness (QED) is 0.788. The maximum absolute atomic E-state index is 12.7. The molecular formula is C19H20BrNO3. The van der Waals surface area contributed by atoms with Gasteiger partial charge in [-0.3, -0.25) is 4.79 Å². The molecule has 126 valence electrons. The number of rotatable bonds is 4. The van der Waals surface area contributed by atoms with Crippen molar-refractivity contribution in [2.24, 2.45) is 0 Å². The van der Waals surface area contributed by atoms with E-state index in [4.69, 9.17) is 9.47 Å². The highest BCUT2D eigenvalue weighted by Gasteiger charge is 2.27. The van der Waals surface area contributed by atoms with E-state index in [1.807, 2.05) is 36.4 Å². The van der Waals surface area contributed by atoms with Gasteiger partial charge in [0.2, 0.25) is 0 Å². The van der Waals surface area contributed by atoms with Gasteiger partial charge in [0, 0.05) is 11.0 Å². The highest BCUT2D eigenvalue weighted by molar-refractivity contribution is 9.10. The van der Waals surface area contributed by atoms with Crippen molar-refractivity contribution >= 4 is 27.5 Å². The van der Waals surface area contributed by atoms with Gasteiger partial charge >= 0.3 is 0 Å². The molecule has 2 aromatic carbocycles. The Morgan fingerprint density at radius 2 is 1.96 bits per heavy atom. The fraction of sp³-hybridized carbons (Fsp3) is 0.316. The first kappa shape index (κ1) is 16.8. The maximum atomic E-state index is 12.7. The molecule has 0 radical (unpaired) electrons. The molecule has 1 aliphatic rings. The summed E-state index contributed by atoms with van der Waals surface area (Å²) in [6.07, 6.45) is 1.92. The Kier molecular flexibility index (Phi) is 5.09. The van der Waals surface area contributed by atoms with E-state index in [0.29, 0.717) is 12.3 Å². The van der Waals surface area contributed by atoms with E-state index in [9.17, 15) is 4.79 Å². The lowest BCUT2D eigenvalue weighted by Gasteiger charge is -2.32. The number of amides is 1. The molecule has 0 saturated carbocycles. The van der Waals surface area contributed by atoms with Gasteiger partial charge in [-0.2, -0.15) is 0 Å². The van der Waals surface area contributed by atoms with Gasteiger partial charge < -0.3 is 14.4 Å². The Morgan fingerprint density at radius 3 is 2.67 bits per heavy atom. The molecule has 0 fully saturated rings. The van der Waals surface area contributed by atoms with Gasteiger partial charge in [0.15, 0.2) is 6.61 Å². The molecule has 0 atom stereocenters. The molecule has 3 rings (SSSR count). The van der Waals surface area contributed by atoms with Crippen LogP contribution in [0.15, 0.2) is 40.9 Å².